The van der Waals surface area contributed by atoms with Crippen molar-refractivity contribution in [2.45, 2.75) is 18.8 Å². The van der Waals surface area contributed by atoms with Gasteiger partial charge in [0, 0.05) is 30.6 Å². The van der Waals surface area contributed by atoms with E-state index in [1.807, 2.05) is 4.57 Å². The van der Waals surface area contributed by atoms with Gasteiger partial charge in [0.1, 0.15) is 11.4 Å². The van der Waals surface area contributed by atoms with E-state index >= 15 is 0 Å². The molecule has 2 aromatic carbocycles. The minimum Gasteiger partial charge on any atom is -0.406 e. The minimum atomic E-state index is -4.83. The van der Waals surface area contributed by atoms with Crippen LogP contribution in [0.3, 0.4) is 0 Å². The molecule has 6 nitrogen and oxygen atoms in total. The monoisotopic (exact) mass is 491 g/mol. The van der Waals surface area contributed by atoms with E-state index in [1.165, 1.54) is 25.2 Å². The summed E-state index contributed by atoms with van der Waals surface area (Å²) in [6.45, 7) is 0.368. The van der Waals surface area contributed by atoms with Crippen LogP contribution in [0.25, 0.3) is 22.4 Å². The van der Waals surface area contributed by atoms with Crippen LogP contribution in [0.1, 0.15) is 33.3 Å². The molecule has 1 unspecified atom stereocenters. The molecule has 2 N–H and O–H groups in total. The number of alkyl halides is 4. The van der Waals surface area contributed by atoms with Crippen LogP contribution in [0.15, 0.2) is 54.6 Å². The van der Waals surface area contributed by atoms with E-state index in [-0.39, 0.29) is 23.6 Å². The Morgan fingerprint density at radius 3 is 2.56 bits per heavy atom. The molecule has 178 valence electrons. The molecule has 4 rings (SSSR count). The molecule has 3 aromatic rings. The van der Waals surface area contributed by atoms with Crippen molar-refractivity contribution >= 4 is 23.4 Å². The molecule has 1 atom stereocenters. The van der Waals surface area contributed by atoms with Gasteiger partial charge in [0.2, 0.25) is 0 Å². The Morgan fingerprint density at radius 2 is 1.91 bits per heavy atom. The first-order valence-electron chi connectivity index (χ1n) is 10.5. The Morgan fingerprint density at radius 1 is 1.18 bits per heavy atom. The molecule has 0 fully saturated rings. The zero-order chi connectivity index (χ0) is 24.5. The number of amides is 2. The Balaban J connectivity index is 1.91. The van der Waals surface area contributed by atoms with Gasteiger partial charge in [0.25, 0.3) is 11.8 Å². The van der Waals surface area contributed by atoms with E-state index in [2.05, 4.69) is 15.4 Å². The van der Waals surface area contributed by atoms with Crippen LogP contribution in [0.4, 0.5) is 13.2 Å². The predicted octanol–water partition coefficient (Wildman–Crippen LogP) is 4.99. The second-order valence-corrected chi connectivity index (χ2v) is 8.11. The second-order valence-electron chi connectivity index (χ2n) is 7.74. The molecule has 34 heavy (non-hydrogen) atoms. The average Bonchev–Trinajstić information content (AvgIpc) is 3.21. The number of nitrogens with zero attached hydrogens (tertiary/aromatic N) is 1. The molecular formula is C24H21ClF3N3O3. The number of benzene rings is 2. The highest BCUT2D eigenvalue weighted by atomic mass is 35.5. The van der Waals surface area contributed by atoms with Gasteiger partial charge in [0.05, 0.1) is 11.7 Å². The van der Waals surface area contributed by atoms with E-state index in [0.717, 1.165) is 0 Å². The van der Waals surface area contributed by atoms with E-state index in [0.29, 0.717) is 52.5 Å². The summed E-state index contributed by atoms with van der Waals surface area (Å²) in [5.41, 5.74) is 3.19. The van der Waals surface area contributed by atoms with Crippen molar-refractivity contribution in [3.05, 3.63) is 65.9 Å². The van der Waals surface area contributed by atoms with Crippen molar-refractivity contribution in [2.24, 2.45) is 0 Å². The number of halogens is 4. The lowest BCUT2D eigenvalue weighted by atomic mass is 9.99. The second kappa shape index (κ2) is 9.42. The fraction of sp³-hybridized carbons (Fsp3) is 0.250. The Bertz CT molecular complexity index is 1220. The van der Waals surface area contributed by atoms with E-state index in [1.54, 1.807) is 36.4 Å². The number of hydrogen-bond donors (Lipinski definition) is 2. The highest BCUT2D eigenvalue weighted by Crippen LogP contribution is 2.40. The number of aromatic nitrogens is 1. The van der Waals surface area contributed by atoms with E-state index in [9.17, 15) is 22.8 Å². The molecule has 0 radical (unpaired) electrons. The van der Waals surface area contributed by atoms with Crippen molar-refractivity contribution in [1.82, 2.24) is 15.2 Å². The maximum absolute atomic E-state index is 12.8. The molecule has 2 heterocycles. The molecule has 0 saturated carbocycles. The minimum absolute atomic E-state index is 0.151. The predicted molar refractivity (Wildman–Crippen MR) is 122 cm³/mol. The lowest BCUT2D eigenvalue weighted by Crippen LogP contribution is -2.39. The molecule has 1 aliphatic rings. The first-order valence-corrected chi connectivity index (χ1v) is 11.0. The molecule has 0 bridgehead atoms. The zero-order valence-electron chi connectivity index (χ0n) is 18.1. The third-order valence-corrected chi connectivity index (χ3v) is 5.82. The van der Waals surface area contributed by atoms with Gasteiger partial charge in [-0.2, -0.15) is 0 Å². The summed E-state index contributed by atoms with van der Waals surface area (Å²) in [7, 11) is 1.53. The van der Waals surface area contributed by atoms with Crippen molar-refractivity contribution in [3.63, 3.8) is 0 Å². The zero-order valence-corrected chi connectivity index (χ0v) is 18.8. The fourth-order valence-corrected chi connectivity index (χ4v) is 4.38. The highest BCUT2D eigenvalue weighted by molar-refractivity contribution is 6.17. The number of fused-ring (bicyclic) bond motifs is 1. The quantitative estimate of drug-likeness (QED) is 0.477. The van der Waals surface area contributed by atoms with Crippen molar-refractivity contribution in [2.75, 3.05) is 19.5 Å². The lowest BCUT2D eigenvalue weighted by Gasteiger charge is -2.28. The third-order valence-electron chi connectivity index (χ3n) is 5.60. The van der Waals surface area contributed by atoms with Crippen LogP contribution in [0.2, 0.25) is 0 Å². The van der Waals surface area contributed by atoms with Crippen LogP contribution >= 0.6 is 11.6 Å². The van der Waals surface area contributed by atoms with Crippen LogP contribution in [0.5, 0.6) is 5.75 Å². The van der Waals surface area contributed by atoms with Gasteiger partial charge in [-0.25, -0.2) is 0 Å². The van der Waals surface area contributed by atoms with Gasteiger partial charge in [-0.05, 0) is 47.9 Å². The Kier molecular flexibility index (Phi) is 6.56. The van der Waals surface area contributed by atoms with Crippen LogP contribution < -0.4 is 15.4 Å². The largest absolute Gasteiger partial charge is 0.573 e. The molecule has 2 amide bonds. The first-order chi connectivity index (χ1) is 16.2. The maximum atomic E-state index is 12.8. The summed E-state index contributed by atoms with van der Waals surface area (Å²) in [4.78, 5) is 24.7. The van der Waals surface area contributed by atoms with Crippen LogP contribution in [-0.2, 0) is 0 Å². The molecule has 1 aromatic heterocycles. The summed E-state index contributed by atoms with van der Waals surface area (Å²) in [6, 6.07) is 13.9. The van der Waals surface area contributed by atoms with Crippen LogP contribution in [0, 0.1) is 0 Å². The molecule has 0 saturated heterocycles. The number of carbonyl (C=O) groups is 2. The molecule has 0 spiro atoms. The summed E-state index contributed by atoms with van der Waals surface area (Å²) in [5.74, 6) is -0.544. The summed E-state index contributed by atoms with van der Waals surface area (Å²) < 4.78 is 44.4. The number of nitrogens with one attached hydrogen (secondary N) is 2. The fourth-order valence-electron chi connectivity index (χ4n) is 4.13. The summed E-state index contributed by atoms with van der Waals surface area (Å²) >= 11 is 6.02. The van der Waals surface area contributed by atoms with Crippen molar-refractivity contribution in [1.29, 1.82) is 0 Å². The molecular weight excluding hydrogens is 471 g/mol. The van der Waals surface area contributed by atoms with Crippen molar-refractivity contribution in [3.8, 4) is 28.1 Å². The first kappa shape index (κ1) is 23.7. The van der Waals surface area contributed by atoms with Gasteiger partial charge >= 0.3 is 6.36 Å². The van der Waals surface area contributed by atoms with E-state index < -0.39 is 6.36 Å². The Labute approximate surface area is 198 Å². The number of carbonyl (C=O) groups excluding carboxylic acids is 2. The standard InChI is InChI=1S/C24H21ClF3N3O3/c1-29-22(32)15-7-5-14(6-8-15)21-19(16-3-2-4-18(11-16)34-24(26,27)28)12-20-23(33)30-13-17(9-10-25)31(20)21/h2-8,11-12,17H,9-10,13H2,1H3,(H,29,32)(H,30,33). The van der Waals surface area contributed by atoms with Gasteiger partial charge in [-0.1, -0.05) is 24.3 Å². The van der Waals surface area contributed by atoms with Gasteiger partial charge in [-0.15, -0.1) is 24.8 Å². The third kappa shape index (κ3) is 4.75. The maximum Gasteiger partial charge on any atom is 0.573 e. The topological polar surface area (TPSA) is 72.4 Å². The smallest absolute Gasteiger partial charge is 0.406 e. The SMILES string of the molecule is CNC(=O)c1ccc(-c2c(-c3cccc(OC(F)(F)F)c3)cc3n2C(CCCl)CNC3=O)cc1. The molecule has 1 aliphatic heterocycles. The number of hydrogen-bond acceptors (Lipinski definition) is 3. The van der Waals surface area contributed by atoms with Crippen LogP contribution in [-0.4, -0.2) is 42.2 Å². The summed E-state index contributed by atoms with van der Waals surface area (Å²) in [6.07, 6.45) is -4.26. The van der Waals surface area contributed by atoms with Gasteiger partial charge in [0.15, 0.2) is 0 Å². The normalized spacial score (nSPS) is 15.4. The van der Waals surface area contributed by atoms with Crippen molar-refractivity contribution < 1.29 is 27.5 Å². The highest BCUT2D eigenvalue weighted by Gasteiger charge is 2.33. The molecule has 0 aliphatic carbocycles. The molecule has 10 heteroatoms. The number of ether oxygens (including phenoxy) is 1. The summed E-state index contributed by atoms with van der Waals surface area (Å²) in [5, 5.41) is 5.41. The Hall–Kier alpha value is -3.46. The van der Waals surface area contributed by atoms with Gasteiger partial charge in [-0.3, -0.25) is 9.59 Å². The number of rotatable bonds is 6. The van der Waals surface area contributed by atoms with Gasteiger partial charge < -0.3 is 19.9 Å². The lowest BCUT2D eigenvalue weighted by molar-refractivity contribution is -0.274. The van der Waals surface area contributed by atoms with E-state index in [4.69, 9.17) is 11.6 Å². The average molecular weight is 492 g/mol.